The molecule has 2 rings (SSSR count). The quantitative estimate of drug-likeness (QED) is 0.382. The third kappa shape index (κ3) is 3.68. The minimum atomic E-state index is -2.50. The molecule has 0 aliphatic carbocycles. The second-order valence-corrected chi connectivity index (χ2v) is 4.67. The Hall–Kier alpha value is -2.13. The predicted molar refractivity (Wildman–Crippen MR) is 75.8 cm³/mol. The lowest BCUT2D eigenvalue weighted by atomic mass is 10.3. The predicted octanol–water partition coefficient (Wildman–Crippen LogP) is 2.40. The van der Waals surface area contributed by atoms with E-state index in [1.54, 1.807) is 24.3 Å². The van der Waals surface area contributed by atoms with Crippen LogP contribution in [-0.4, -0.2) is 15.7 Å². The lowest BCUT2D eigenvalue weighted by molar-refractivity contribution is 0.252. The number of nitrogens with two attached hydrogens (primary N) is 2. The Morgan fingerprint density at radius 1 is 1.15 bits per heavy atom. The summed E-state index contributed by atoms with van der Waals surface area (Å²) in [4.78, 5) is 8.20. The van der Waals surface area contributed by atoms with Crippen LogP contribution in [0.25, 0.3) is 0 Å². The first-order valence-corrected chi connectivity index (χ1v) is 6.38. The molecule has 6 N–H and O–H groups in total. The number of nitrogen functional groups attached to an aromatic ring is 2. The third-order valence-corrected chi connectivity index (χ3v) is 3.05. The van der Waals surface area contributed by atoms with E-state index in [2.05, 4.69) is 20.7 Å². The first-order valence-electron chi connectivity index (χ1n) is 5.50. The molecule has 0 radical (unpaired) electrons. The van der Waals surface area contributed by atoms with Gasteiger partial charge in [0.05, 0.1) is 5.69 Å². The van der Waals surface area contributed by atoms with Crippen molar-refractivity contribution < 1.29 is 8.78 Å². The maximum atomic E-state index is 12.5. The van der Waals surface area contributed by atoms with Gasteiger partial charge in [0.25, 0.3) is 5.76 Å². The highest BCUT2D eigenvalue weighted by atomic mass is 32.2. The zero-order valence-electron chi connectivity index (χ0n) is 10.2. The van der Waals surface area contributed by atoms with Gasteiger partial charge in [0.2, 0.25) is 5.95 Å². The molecule has 9 heteroatoms. The van der Waals surface area contributed by atoms with Crippen LogP contribution in [0.15, 0.2) is 35.2 Å². The van der Waals surface area contributed by atoms with Crippen molar-refractivity contribution in [1.29, 1.82) is 0 Å². The lowest BCUT2D eigenvalue weighted by Gasteiger charge is -2.11. The molecule has 0 aliphatic rings. The Morgan fingerprint density at radius 2 is 1.85 bits per heavy atom. The van der Waals surface area contributed by atoms with Gasteiger partial charge < -0.3 is 16.5 Å². The lowest BCUT2D eigenvalue weighted by Crippen LogP contribution is -2.11. The highest BCUT2D eigenvalue weighted by molar-refractivity contribution is 7.99. The first-order chi connectivity index (χ1) is 9.58. The van der Waals surface area contributed by atoms with E-state index in [-0.39, 0.29) is 5.95 Å². The minimum absolute atomic E-state index is 0.0157. The zero-order valence-corrected chi connectivity index (χ0v) is 11.0. The summed E-state index contributed by atoms with van der Waals surface area (Å²) in [6.07, 6.45) is 0. The van der Waals surface area contributed by atoms with E-state index in [4.69, 9.17) is 11.6 Å². The maximum Gasteiger partial charge on any atom is 0.288 e. The maximum absolute atomic E-state index is 12.5. The van der Waals surface area contributed by atoms with Gasteiger partial charge in [-0.2, -0.15) is 18.7 Å². The molecule has 0 fully saturated rings. The molecular formula is C11H12F2N6S. The molecule has 0 saturated heterocycles. The summed E-state index contributed by atoms with van der Waals surface area (Å²) >= 11 is 0.448. The molecule has 6 nitrogen and oxygen atoms in total. The normalized spacial score (nSPS) is 10.6. The van der Waals surface area contributed by atoms with Crippen molar-refractivity contribution in [3.8, 4) is 0 Å². The van der Waals surface area contributed by atoms with Gasteiger partial charge in [-0.15, -0.1) is 0 Å². The fourth-order valence-electron chi connectivity index (χ4n) is 1.51. The molecule has 0 aliphatic heterocycles. The zero-order chi connectivity index (χ0) is 14.5. The number of thioether (sulfide) groups is 1. The Balaban J connectivity index is 2.27. The van der Waals surface area contributed by atoms with Gasteiger partial charge in [-0.3, -0.25) is 0 Å². The minimum Gasteiger partial charge on any atom is -0.368 e. The molecule has 1 heterocycles. The number of aromatic nitrogens is 2. The molecule has 0 spiro atoms. The van der Waals surface area contributed by atoms with Crippen molar-refractivity contribution in [1.82, 2.24) is 9.97 Å². The highest BCUT2D eigenvalue weighted by Crippen LogP contribution is 2.33. The highest BCUT2D eigenvalue weighted by Gasteiger charge is 2.10. The number of hydrogen-bond acceptors (Lipinski definition) is 7. The van der Waals surface area contributed by atoms with E-state index in [9.17, 15) is 8.78 Å². The molecule has 0 atom stereocenters. The number of alkyl halides is 2. The Labute approximate surface area is 117 Å². The average Bonchev–Trinajstić information content (AvgIpc) is 2.39. The molecule has 0 amide bonds. The number of hydrogen-bond donors (Lipinski definition) is 4. The summed E-state index contributed by atoms with van der Waals surface area (Å²) in [5.41, 5.74) is 8.37. The van der Waals surface area contributed by atoms with E-state index in [0.29, 0.717) is 34.0 Å². The van der Waals surface area contributed by atoms with E-state index in [0.717, 1.165) is 0 Å². The van der Waals surface area contributed by atoms with Gasteiger partial charge in [-0.25, -0.2) is 5.84 Å². The first kappa shape index (κ1) is 14.3. The molecule has 2 aromatic rings. The van der Waals surface area contributed by atoms with E-state index >= 15 is 0 Å². The molecule has 20 heavy (non-hydrogen) atoms. The summed E-state index contributed by atoms with van der Waals surface area (Å²) in [7, 11) is 0. The number of nitrogens with zero attached hydrogens (tertiary/aromatic N) is 2. The Kier molecular flexibility index (Phi) is 4.53. The molecular weight excluding hydrogens is 286 g/mol. The summed E-state index contributed by atoms with van der Waals surface area (Å²) in [6.45, 7) is 0. The van der Waals surface area contributed by atoms with Gasteiger partial charge in [-0.05, 0) is 12.1 Å². The molecule has 0 saturated carbocycles. The van der Waals surface area contributed by atoms with Crippen LogP contribution < -0.4 is 22.3 Å². The molecule has 0 bridgehead atoms. The number of anilines is 4. The number of halogens is 2. The summed E-state index contributed by atoms with van der Waals surface area (Å²) in [5, 5.41) is 2.91. The van der Waals surface area contributed by atoms with Crippen molar-refractivity contribution in [2.45, 2.75) is 10.7 Å². The fraction of sp³-hybridized carbons (Fsp3) is 0.0909. The van der Waals surface area contributed by atoms with Crippen LogP contribution in [0.2, 0.25) is 0 Å². The summed E-state index contributed by atoms with van der Waals surface area (Å²) < 4.78 is 25.0. The van der Waals surface area contributed by atoms with Crippen LogP contribution >= 0.6 is 11.8 Å². The Bertz CT molecular complexity index is 595. The van der Waals surface area contributed by atoms with Gasteiger partial charge in [0.15, 0.2) is 0 Å². The molecule has 1 aromatic carbocycles. The topological polar surface area (TPSA) is 102 Å². The van der Waals surface area contributed by atoms with Gasteiger partial charge >= 0.3 is 0 Å². The SMILES string of the molecule is NNc1cc(Nc2ccccc2SC(F)F)nc(N)n1. The fourth-order valence-corrected chi connectivity index (χ4v) is 2.11. The van der Waals surface area contributed by atoms with Gasteiger partial charge in [0.1, 0.15) is 11.6 Å². The van der Waals surface area contributed by atoms with Crippen LogP contribution in [0.3, 0.4) is 0 Å². The van der Waals surface area contributed by atoms with Crippen LogP contribution in [0.1, 0.15) is 0 Å². The third-order valence-electron chi connectivity index (χ3n) is 2.26. The van der Waals surface area contributed by atoms with Crippen LogP contribution in [0.5, 0.6) is 0 Å². The summed E-state index contributed by atoms with van der Waals surface area (Å²) in [6, 6.07) is 8.17. The van der Waals surface area contributed by atoms with E-state index in [1.807, 2.05) is 0 Å². The van der Waals surface area contributed by atoms with Crippen LogP contribution in [-0.2, 0) is 0 Å². The molecule has 1 aromatic heterocycles. The number of benzene rings is 1. The van der Waals surface area contributed by atoms with Crippen LogP contribution in [0, 0.1) is 0 Å². The molecule has 0 unspecified atom stereocenters. The van der Waals surface area contributed by atoms with Gasteiger partial charge in [-0.1, -0.05) is 23.9 Å². The van der Waals surface area contributed by atoms with Crippen molar-refractivity contribution >= 4 is 35.0 Å². The number of nitrogens with one attached hydrogen (secondary N) is 2. The van der Waals surface area contributed by atoms with Crippen molar-refractivity contribution in [2.75, 3.05) is 16.5 Å². The average molecular weight is 298 g/mol. The molecule has 106 valence electrons. The van der Waals surface area contributed by atoms with Crippen molar-refractivity contribution in [3.05, 3.63) is 30.3 Å². The smallest absolute Gasteiger partial charge is 0.288 e. The second kappa shape index (κ2) is 6.35. The van der Waals surface area contributed by atoms with Gasteiger partial charge in [0, 0.05) is 11.0 Å². The van der Waals surface area contributed by atoms with Crippen molar-refractivity contribution in [3.63, 3.8) is 0 Å². The van der Waals surface area contributed by atoms with Crippen molar-refractivity contribution in [2.24, 2.45) is 5.84 Å². The largest absolute Gasteiger partial charge is 0.368 e. The number of hydrazine groups is 1. The standard InChI is InChI=1S/C11H12F2N6S/c12-10(13)20-7-4-2-1-3-6(7)16-8-5-9(19-15)18-11(14)17-8/h1-5,10H,15H2,(H4,14,16,17,18,19). The number of rotatable bonds is 5. The van der Waals surface area contributed by atoms with E-state index < -0.39 is 5.76 Å². The number of para-hydroxylation sites is 1. The monoisotopic (exact) mass is 298 g/mol. The van der Waals surface area contributed by atoms with E-state index in [1.165, 1.54) is 6.07 Å². The van der Waals surface area contributed by atoms with Crippen LogP contribution in [0.4, 0.5) is 32.1 Å². The Morgan fingerprint density at radius 3 is 2.55 bits per heavy atom. The second-order valence-electron chi connectivity index (χ2n) is 3.64. The summed E-state index contributed by atoms with van der Waals surface area (Å²) in [5.74, 6) is 3.43.